The first-order valence-electron chi connectivity index (χ1n) is 5.15. The maximum absolute atomic E-state index is 5.60. The van der Waals surface area contributed by atoms with Crippen LogP contribution in [0.4, 0.5) is 5.69 Å². The Bertz CT molecular complexity index is 521. The van der Waals surface area contributed by atoms with Gasteiger partial charge in [0.2, 0.25) is 0 Å². The Morgan fingerprint density at radius 3 is 3.06 bits per heavy atom. The third-order valence-corrected chi connectivity index (χ3v) is 2.27. The highest BCUT2D eigenvalue weighted by atomic mass is 32.1. The summed E-state index contributed by atoms with van der Waals surface area (Å²) in [7, 11) is 0. The van der Waals surface area contributed by atoms with Gasteiger partial charge in [-0.25, -0.2) is 4.98 Å². The quantitative estimate of drug-likeness (QED) is 0.800. The normalized spacial score (nSPS) is 10.6. The Labute approximate surface area is 98.8 Å². The molecule has 1 aromatic carbocycles. The number of hydrogen-bond donors (Lipinski definition) is 2. The van der Waals surface area contributed by atoms with Crippen molar-refractivity contribution in [3.63, 3.8) is 0 Å². The number of hydrogen-bond acceptors (Lipinski definition) is 3. The molecular weight excluding hydrogens is 222 g/mol. The molecule has 2 rings (SSSR count). The molecule has 0 atom stereocenters. The van der Waals surface area contributed by atoms with Crippen molar-refractivity contribution in [2.75, 3.05) is 5.32 Å². The Morgan fingerprint density at radius 1 is 1.56 bits per heavy atom. The van der Waals surface area contributed by atoms with E-state index in [2.05, 4.69) is 17.2 Å². The van der Waals surface area contributed by atoms with Crippen LogP contribution in [0, 0.1) is 0 Å². The first-order chi connectivity index (χ1) is 7.69. The Hall–Kier alpha value is -1.62. The number of nitrogens with two attached hydrogens (primary N) is 1. The number of oxazole rings is 1. The van der Waals surface area contributed by atoms with E-state index in [9.17, 15) is 0 Å². The van der Waals surface area contributed by atoms with Gasteiger partial charge in [-0.3, -0.25) is 0 Å². The Balaban J connectivity index is 2.33. The van der Waals surface area contributed by atoms with Crippen molar-refractivity contribution in [2.24, 2.45) is 5.73 Å². The fourth-order valence-corrected chi connectivity index (χ4v) is 1.63. The van der Waals surface area contributed by atoms with Gasteiger partial charge >= 0.3 is 0 Å². The second kappa shape index (κ2) is 4.49. The van der Waals surface area contributed by atoms with E-state index in [-0.39, 0.29) is 5.11 Å². The minimum Gasteiger partial charge on any atom is -0.441 e. The molecule has 1 heterocycles. The van der Waals surface area contributed by atoms with E-state index >= 15 is 0 Å². The van der Waals surface area contributed by atoms with E-state index in [1.807, 2.05) is 18.2 Å². The molecular formula is C11H13N3OS. The first kappa shape index (κ1) is 10.9. The van der Waals surface area contributed by atoms with Crippen LogP contribution < -0.4 is 11.1 Å². The van der Waals surface area contributed by atoms with Crippen molar-refractivity contribution >= 4 is 34.1 Å². The lowest BCUT2D eigenvalue weighted by Gasteiger charge is -2.01. The number of thiocarbonyl (C=S) groups is 1. The molecule has 3 N–H and O–H groups in total. The summed E-state index contributed by atoms with van der Waals surface area (Å²) in [5, 5.41) is 3.10. The molecule has 0 aliphatic carbocycles. The summed E-state index contributed by atoms with van der Waals surface area (Å²) in [5.41, 5.74) is 7.83. The maximum Gasteiger partial charge on any atom is 0.195 e. The van der Waals surface area contributed by atoms with Crippen molar-refractivity contribution in [1.29, 1.82) is 0 Å². The molecule has 16 heavy (non-hydrogen) atoms. The van der Waals surface area contributed by atoms with Crippen LogP contribution in [0.1, 0.15) is 19.2 Å². The zero-order valence-electron chi connectivity index (χ0n) is 8.99. The topological polar surface area (TPSA) is 64.1 Å². The SMILES string of the molecule is CCCc1nc2ccc(NC(N)=S)cc2o1. The van der Waals surface area contributed by atoms with Gasteiger partial charge in [0.05, 0.1) is 0 Å². The molecule has 2 aromatic rings. The zero-order chi connectivity index (χ0) is 11.5. The smallest absolute Gasteiger partial charge is 0.195 e. The molecule has 0 aliphatic heterocycles. The van der Waals surface area contributed by atoms with E-state index in [0.29, 0.717) is 0 Å². The van der Waals surface area contributed by atoms with Crippen LogP contribution in [0.5, 0.6) is 0 Å². The van der Waals surface area contributed by atoms with E-state index in [1.165, 1.54) is 0 Å². The molecule has 0 fully saturated rings. The zero-order valence-corrected chi connectivity index (χ0v) is 9.80. The van der Waals surface area contributed by atoms with Crippen LogP contribution >= 0.6 is 12.2 Å². The van der Waals surface area contributed by atoms with Gasteiger partial charge in [0.15, 0.2) is 16.6 Å². The van der Waals surface area contributed by atoms with Gasteiger partial charge in [-0.1, -0.05) is 6.92 Å². The van der Waals surface area contributed by atoms with Crippen LogP contribution in [-0.2, 0) is 6.42 Å². The fraction of sp³-hybridized carbons (Fsp3) is 0.273. The molecule has 5 heteroatoms. The van der Waals surface area contributed by atoms with E-state index in [0.717, 1.165) is 35.5 Å². The second-order valence-corrected chi connectivity index (χ2v) is 3.97. The minimum atomic E-state index is 0.243. The highest BCUT2D eigenvalue weighted by Gasteiger charge is 2.05. The summed E-state index contributed by atoms with van der Waals surface area (Å²) in [5.74, 6) is 0.768. The largest absolute Gasteiger partial charge is 0.441 e. The number of nitrogens with zero attached hydrogens (tertiary/aromatic N) is 1. The molecule has 0 saturated carbocycles. The lowest BCUT2D eigenvalue weighted by atomic mass is 10.3. The summed E-state index contributed by atoms with van der Waals surface area (Å²) in [6.45, 7) is 2.09. The van der Waals surface area contributed by atoms with Gasteiger partial charge in [-0.2, -0.15) is 0 Å². The predicted octanol–water partition coefficient (Wildman–Crippen LogP) is 2.44. The average Bonchev–Trinajstić information content (AvgIpc) is 2.59. The Morgan fingerprint density at radius 2 is 2.38 bits per heavy atom. The Kier molecular flexibility index (Phi) is 3.05. The second-order valence-electron chi connectivity index (χ2n) is 3.53. The third kappa shape index (κ3) is 2.30. The molecule has 0 spiro atoms. The third-order valence-electron chi connectivity index (χ3n) is 2.16. The summed E-state index contributed by atoms with van der Waals surface area (Å²) in [4.78, 5) is 4.36. The number of nitrogens with one attached hydrogen (secondary N) is 1. The summed E-state index contributed by atoms with van der Waals surface area (Å²) >= 11 is 4.77. The number of benzene rings is 1. The van der Waals surface area contributed by atoms with Crippen LogP contribution in [-0.4, -0.2) is 10.1 Å². The number of aromatic nitrogens is 1. The van der Waals surface area contributed by atoms with Crippen LogP contribution in [0.3, 0.4) is 0 Å². The summed E-state index contributed by atoms with van der Waals surface area (Å²) in [6, 6.07) is 5.61. The molecule has 0 unspecified atom stereocenters. The molecule has 0 saturated heterocycles. The molecule has 0 amide bonds. The number of fused-ring (bicyclic) bond motifs is 1. The molecule has 4 nitrogen and oxygen atoms in total. The van der Waals surface area contributed by atoms with Crippen molar-refractivity contribution in [3.8, 4) is 0 Å². The van der Waals surface area contributed by atoms with E-state index in [1.54, 1.807) is 0 Å². The number of rotatable bonds is 3. The molecule has 84 valence electrons. The van der Waals surface area contributed by atoms with Gasteiger partial charge in [0.1, 0.15) is 5.52 Å². The van der Waals surface area contributed by atoms with Crippen LogP contribution in [0.25, 0.3) is 11.1 Å². The van der Waals surface area contributed by atoms with Gasteiger partial charge in [0, 0.05) is 18.2 Å². The monoisotopic (exact) mass is 235 g/mol. The van der Waals surface area contributed by atoms with Gasteiger partial charge in [0.25, 0.3) is 0 Å². The highest BCUT2D eigenvalue weighted by Crippen LogP contribution is 2.20. The molecule has 1 aromatic heterocycles. The fourth-order valence-electron chi connectivity index (χ4n) is 1.51. The lowest BCUT2D eigenvalue weighted by Crippen LogP contribution is -2.18. The number of aryl methyl sites for hydroxylation is 1. The van der Waals surface area contributed by atoms with Gasteiger partial charge in [-0.15, -0.1) is 0 Å². The molecule has 0 radical (unpaired) electrons. The molecule has 0 bridgehead atoms. The highest BCUT2D eigenvalue weighted by molar-refractivity contribution is 7.80. The van der Waals surface area contributed by atoms with Crippen molar-refractivity contribution in [2.45, 2.75) is 19.8 Å². The predicted molar refractivity (Wildman–Crippen MR) is 68.4 cm³/mol. The summed E-state index contributed by atoms with van der Waals surface area (Å²) in [6.07, 6.45) is 1.87. The first-order valence-corrected chi connectivity index (χ1v) is 5.56. The van der Waals surface area contributed by atoms with Gasteiger partial charge in [-0.05, 0) is 30.8 Å². The van der Waals surface area contributed by atoms with Crippen molar-refractivity contribution < 1.29 is 4.42 Å². The van der Waals surface area contributed by atoms with Crippen molar-refractivity contribution in [3.05, 3.63) is 24.1 Å². The minimum absolute atomic E-state index is 0.243. The summed E-state index contributed by atoms with van der Waals surface area (Å²) < 4.78 is 5.60. The standard InChI is InChI=1S/C11H13N3OS/c1-2-3-10-14-8-5-4-7(13-11(12)16)6-9(8)15-10/h4-6H,2-3H2,1H3,(H3,12,13,16). The average molecular weight is 235 g/mol. The van der Waals surface area contributed by atoms with Gasteiger partial charge < -0.3 is 15.5 Å². The van der Waals surface area contributed by atoms with E-state index < -0.39 is 0 Å². The maximum atomic E-state index is 5.60. The van der Waals surface area contributed by atoms with E-state index in [4.69, 9.17) is 22.4 Å². The lowest BCUT2D eigenvalue weighted by molar-refractivity contribution is 0.525. The van der Waals surface area contributed by atoms with Crippen LogP contribution in [0.2, 0.25) is 0 Å². The molecule has 0 aliphatic rings. The van der Waals surface area contributed by atoms with Crippen LogP contribution in [0.15, 0.2) is 22.6 Å². The number of anilines is 1. The van der Waals surface area contributed by atoms with Crippen molar-refractivity contribution in [1.82, 2.24) is 4.98 Å².